The Balaban J connectivity index is 2.18. The van der Waals surface area contributed by atoms with Crippen molar-refractivity contribution in [3.63, 3.8) is 0 Å². The molecule has 0 aliphatic heterocycles. The SMILES string of the molecule is CCC1CCCC(C(NN)c2cc(C)cc(F)c2)C1. The van der Waals surface area contributed by atoms with Gasteiger partial charge in [0.15, 0.2) is 0 Å². The van der Waals surface area contributed by atoms with Gasteiger partial charge in [0.1, 0.15) is 5.82 Å². The normalized spacial score (nSPS) is 25.3. The molecule has 3 heteroatoms. The Kier molecular flexibility index (Phi) is 4.94. The van der Waals surface area contributed by atoms with E-state index < -0.39 is 0 Å². The first-order chi connectivity index (χ1) is 9.13. The second kappa shape index (κ2) is 6.49. The Bertz CT molecular complexity index is 399. The van der Waals surface area contributed by atoms with Crippen molar-refractivity contribution < 1.29 is 4.39 Å². The van der Waals surface area contributed by atoms with Crippen LogP contribution in [-0.4, -0.2) is 0 Å². The molecule has 2 nitrogen and oxygen atoms in total. The molecule has 3 N–H and O–H groups in total. The average molecular weight is 264 g/mol. The third kappa shape index (κ3) is 3.54. The second-order valence-electron chi connectivity index (χ2n) is 5.91. The zero-order valence-electron chi connectivity index (χ0n) is 12.0. The summed E-state index contributed by atoms with van der Waals surface area (Å²) in [6, 6.07) is 5.30. The lowest BCUT2D eigenvalue weighted by Gasteiger charge is -2.34. The van der Waals surface area contributed by atoms with Crippen LogP contribution in [0.3, 0.4) is 0 Å². The van der Waals surface area contributed by atoms with Crippen molar-refractivity contribution in [2.75, 3.05) is 0 Å². The van der Waals surface area contributed by atoms with Gasteiger partial charge in [0.2, 0.25) is 0 Å². The highest BCUT2D eigenvalue weighted by atomic mass is 19.1. The number of rotatable bonds is 4. The number of hydrazine groups is 1. The molecular formula is C16H25FN2. The molecule has 1 aliphatic carbocycles. The highest BCUT2D eigenvalue weighted by molar-refractivity contribution is 5.26. The van der Waals surface area contributed by atoms with Crippen LogP contribution in [0.25, 0.3) is 0 Å². The minimum absolute atomic E-state index is 0.0729. The highest BCUT2D eigenvalue weighted by Gasteiger charge is 2.28. The number of nitrogens with one attached hydrogen (secondary N) is 1. The van der Waals surface area contributed by atoms with Crippen LogP contribution >= 0.6 is 0 Å². The van der Waals surface area contributed by atoms with E-state index in [-0.39, 0.29) is 11.9 Å². The van der Waals surface area contributed by atoms with Crippen molar-refractivity contribution in [1.29, 1.82) is 0 Å². The Morgan fingerprint density at radius 2 is 2.16 bits per heavy atom. The number of hydrogen-bond donors (Lipinski definition) is 2. The summed E-state index contributed by atoms with van der Waals surface area (Å²) in [6.45, 7) is 4.18. The molecule has 0 aromatic heterocycles. The van der Waals surface area contributed by atoms with Crippen molar-refractivity contribution in [1.82, 2.24) is 5.43 Å². The fraction of sp³-hybridized carbons (Fsp3) is 0.625. The maximum Gasteiger partial charge on any atom is 0.123 e. The summed E-state index contributed by atoms with van der Waals surface area (Å²) in [4.78, 5) is 0. The third-order valence-electron chi connectivity index (χ3n) is 4.48. The van der Waals surface area contributed by atoms with Crippen LogP contribution in [0, 0.1) is 24.6 Å². The molecule has 1 aromatic carbocycles. The molecule has 1 aliphatic rings. The maximum atomic E-state index is 13.6. The molecule has 1 aromatic rings. The minimum atomic E-state index is -0.168. The summed E-state index contributed by atoms with van der Waals surface area (Å²) < 4.78 is 13.6. The van der Waals surface area contributed by atoms with E-state index in [1.54, 1.807) is 12.1 Å². The summed E-state index contributed by atoms with van der Waals surface area (Å²) in [5.74, 6) is 6.90. The summed E-state index contributed by atoms with van der Waals surface area (Å²) >= 11 is 0. The summed E-state index contributed by atoms with van der Waals surface area (Å²) in [7, 11) is 0. The van der Waals surface area contributed by atoms with E-state index in [0.29, 0.717) is 5.92 Å². The topological polar surface area (TPSA) is 38.0 Å². The number of hydrogen-bond acceptors (Lipinski definition) is 2. The molecule has 1 fully saturated rings. The van der Waals surface area contributed by atoms with E-state index in [4.69, 9.17) is 5.84 Å². The number of nitrogens with two attached hydrogens (primary N) is 1. The van der Waals surface area contributed by atoms with Crippen LogP contribution in [0.4, 0.5) is 4.39 Å². The molecule has 0 radical (unpaired) electrons. The third-order valence-corrected chi connectivity index (χ3v) is 4.48. The van der Waals surface area contributed by atoms with E-state index in [9.17, 15) is 4.39 Å². The molecular weight excluding hydrogens is 239 g/mol. The largest absolute Gasteiger partial charge is 0.271 e. The van der Waals surface area contributed by atoms with E-state index in [0.717, 1.165) is 17.0 Å². The van der Waals surface area contributed by atoms with Crippen LogP contribution in [0.1, 0.15) is 56.2 Å². The van der Waals surface area contributed by atoms with Gasteiger partial charge in [-0.05, 0) is 54.9 Å². The Labute approximate surface area is 115 Å². The van der Waals surface area contributed by atoms with Gasteiger partial charge >= 0.3 is 0 Å². The molecule has 0 bridgehead atoms. The maximum absolute atomic E-state index is 13.6. The summed E-state index contributed by atoms with van der Waals surface area (Å²) in [5.41, 5.74) is 4.86. The predicted octanol–water partition coefficient (Wildman–Crippen LogP) is 3.85. The summed E-state index contributed by atoms with van der Waals surface area (Å²) in [5, 5.41) is 0. The van der Waals surface area contributed by atoms with Gasteiger partial charge in [-0.3, -0.25) is 11.3 Å². The van der Waals surface area contributed by atoms with Gasteiger partial charge in [-0.2, -0.15) is 0 Å². The summed E-state index contributed by atoms with van der Waals surface area (Å²) in [6.07, 6.45) is 6.19. The molecule has 0 heterocycles. The van der Waals surface area contributed by atoms with Crippen molar-refractivity contribution in [3.8, 4) is 0 Å². The van der Waals surface area contributed by atoms with Gasteiger partial charge in [-0.25, -0.2) is 4.39 Å². The standard InChI is InChI=1S/C16H25FN2/c1-3-12-5-4-6-13(9-12)16(19-18)14-7-11(2)8-15(17)10-14/h7-8,10,12-13,16,19H,3-6,9,18H2,1-2H3. The second-order valence-corrected chi connectivity index (χ2v) is 5.91. The van der Waals surface area contributed by atoms with Gasteiger partial charge in [-0.15, -0.1) is 0 Å². The Morgan fingerprint density at radius 3 is 2.79 bits per heavy atom. The number of aryl methyl sites for hydroxylation is 1. The minimum Gasteiger partial charge on any atom is -0.271 e. The molecule has 106 valence electrons. The van der Waals surface area contributed by atoms with Crippen molar-refractivity contribution in [2.24, 2.45) is 17.7 Å². The predicted molar refractivity (Wildman–Crippen MR) is 76.9 cm³/mol. The highest BCUT2D eigenvalue weighted by Crippen LogP contribution is 2.38. The quantitative estimate of drug-likeness (QED) is 0.640. The van der Waals surface area contributed by atoms with E-state index in [1.807, 2.05) is 13.0 Å². The lowest BCUT2D eigenvalue weighted by Crippen LogP contribution is -2.36. The van der Waals surface area contributed by atoms with Crippen LogP contribution in [0.2, 0.25) is 0 Å². The lowest BCUT2D eigenvalue weighted by atomic mass is 9.75. The monoisotopic (exact) mass is 264 g/mol. The van der Waals surface area contributed by atoms with Crippen LogP contribution in [0.15, 0.2) is 18.2 Å². The van der Waals surface area contributed by atoms with Crippen molar-refractivity contribution in [2.45, 2.75) is 52.0 Å². The van der Waals surface area contributed by atoms with Crippen LogP contribution in [0.5, 0.6) is 0 Å². The average Bonchev–Trinajstić information content (AvgIpc) is 2.39. The smallest absolute Gasteiger partial charge is 0.123 e. The molecule has 0 saturated heterocycles. The Hall–Kier alpha value is -0.930. The lowest BCUT2D eigenvalue weighted by molar-refractivity contribution is 0.210. The van der Waals surface area contributed by atoms with Crippen molar-refractivity contribution in [3.05, 3.63) is 35.1 Å². The van der Waals surface area contributed by atoms with Crippen molar-refractivity contribution >= 4 is 0 Å². The van der Waals surface area contributed by atoms with E-state index >= 15 is 0 Å². The van der Waals surface area contributed by atoms with E-state index in [2.05, 4.69) is 12.3 Å². The fourth-order valence-electron chi connectivity index (χ4n) is 3.45. The molecule has 2 rings (SSSR count). The number of benzene rings is 1. The fourth-order valence-corrected chi connectivity index (χ4v) is 3.45. The molecule has 3 unspecified atom stereocenters. The Morgan fingerprint density at radius 1 is 1.37 bits per heavy atom. The molecule has 0 spiro atoms. The van der Waals surface area contributed by atoms with Gasteiger partial charge in [0, 0.05) is 6.04 Å². The zero-order chi connectivity index (χ0) is 13.8. The first-order valence-corrected chi connectivity index (χ1v) is 7.37. The molecule has 1 saturated carbocycles. The van der Waals surface area contributed by atoms with E-state index in [1.165, 1.54) is 32.1 Å². The molecule has 19 heavy (non-hydrogen) atoms. The van der Waals surface area contributed by atoms with Crippen LogP contribution < -0.4 is 11.3 Å². The zero-order valence-corrected chi connectivity index (χ0v) is 12.0. The first-order valence-electron chi connectivity index (χ1n) is 7.37. The molecule has 3 atom stereocenters. The van der Waals surface area contributed by atoms with Gasteiger partial charge < -0.3 is 0 Å². The molecule has 0 amide bonds. The van der Waals surface area contributed by atoms with Gasteiger partial charge in [-0.1, -0.05) is 32.3 Å². The number of halogens is 1. The van der Waals surface area contributed by atoms with Crippen LogP contribution in [-0.2, 0) is 0 Å². The van der Waals surface area contributed by atoms with Gasteiger partial charge in [0.05, 0.1) is 0 Å². The van der Waals surface area contributed by atoms with Gasteiger partial charge in [0.25, 0.3) is 0 Å². The first kappa shape index (κ1) is 14.5.